The summed E-state index contributed by atoms with van der Waals surface area (Å²) >= 11 is 0. The molecule has 0 saturated carbocycles. The lowest BCUT2D eigenvalue weighted by Crippen LogP contribution is -2.34. The number of halogens is 1. The van der Waals surface area contributed by atoms with Crippen molar-refractivity contribution in [2.45, 2.75) is 26.0 Å². The fourth-order valence-corrected chi connectivity index (χ4v) is 2.10. The molecule has 0 heterocycles. The fourth-order valence-electron chi connectivity index (χ4n) is 2.10. The summed E-state index contributed by atoms with van der Waals surface area (Å²) in [5, 5.41) is 0. The molecule has 4 nitrogen and oxygen atoms in total. The molecule has 0 saturated heterocycles. The highest BCUT2D eigenvalue weighted by molar-refractivity contribution is 5.75. The van der Waals surface area contributed by atoms with Gasteiger partial charge in [0.1, 0.15) is 24.2 Å². The van der Waals surface area contributed by atoms with Gasteiger partial charge in [-0.1, -0.05) is 24.3 Å². The molecule has 0 aliphatic rings. The van der Waals surface area contributed by atoms with E-state index < -0.39 is 12.0 Å². The second-order valence-electron chi connectivity index (χ2n) is 5.13. The van der Waals surface area contributed by atoms with E-state index in [1.165, 1.54) is 12.1 Å². The van der Waals surface area contributed by atoms with Gasteiger partial charge in [-0.05, 0) is 48.7 Å². The van der Waals surface area contributed by atoms with Crippen molar-refractivity contribution in [2.24, 2.45) is 5.73 Å². The maximum atomic E-state index is 12.9. The minimum absolute atomic E-state index is 0.274. The lowest BCUT2D eigenvalue weighted by molar-refractivity contribution is -0.144. The van der Waals surface area contributed by atoms with E-state index in [0.717, 1.165) is 11.1 Å². The van der Waals surface area contributed by atoms with E-state index in [1.54, 1.807) is 19.1 Å². The zero-order valence-corrected chi connectivity index (χ0v) is 13.0. The number of hydrogen-bond donors (Lipinski definition) is 1. The van der Waals surface area contributed by atoms with Gasteiger partial charge in [0.05, 0.1) is 6.61 Å². The number of rotatable bonds is 7. The van der Waals surface area contributed by atoms with E-state index in [1.807, 2.05) is 24.3 Å². The number of carbonyl (C=O) groups excluding carboxylic acids is 1. The Morgan fingerprint density at radius 3 is 2.61 bits per heavy atom. The van der Waals surface area contributed by atoms with Crippen LogP contribution in [0.3, 0.4) is 0 Å². The Kier molecular flexibility index (Phi) is 6.11. The number of hydrogen-bond acceptors (Lipinski definition) is 4. The van der Waals surface area contributed by atoms with E-state index in [-0.39, 0.29) is 5.82 Å². The summed E-state index contributed by atoms with van der Waals surface area (Å²) in [6, 6.07) is 12.8. The van der Waals surface area contributed by atoms with Crippen LogP contribution in [0.1, 0.15) is 18.1 Å². The number of benzene rings is 2. The molecule has 0 aliphatic heterocycles. The van der Waals surface area contributed by atoms with Gasteiger partial charge in [-0.2, -0.15) is 0 Å². The zero-order valence-electron chi connectivity index (χ0n) is 13.0. The quantitative estimate of drug-likeness (QED) is 0.798. The molecule has 1 unspecified atom stereocenters. The molecule has 23 heavy (non-hydrogen) atoms. The Labute approximate surface area is 135 Å². The van der Waals surface area contributed by atoms with Crippen LogP contribution < -0.4 is 10.5 Å². The van der Waals surface area contributed by atoms with Gasteiger partial charge in [-0.15, -0.1) is 0 Å². The Morgan fingerprint density at radius 2 is 1.91 bits per heavy atom. The Balaban J connectivity index is 1.94. The molecular formula is C18H20FNO3. The van der Waals surface area contributed by atoms with Crippen LogP contribution in [0.2, 0.25) is 0 Å². The van der Waals surface area contributed by atoms with Gasteiger partial charge in [-0.25, -0.2) is 4.39 Å². The lowest BCUT2D eigenvalue weighted by atomic mass is 10.1. The molecule has 0 radical (unpaired) electrons. The van der Waals surface area contributed by atoms with E-state index in [9.17, 15) is 9.18 Å². The second-order valence-corrected chi connectivity index (χ2v) is 5.13. The standard InChI is InChI=1S/C18H20FNO3/c1-2-22-18(21)17(20)11-14-4-3-5-16(10-14)23-12-13-6-8-15(19)9-7-13/h3-10,17H,2,11-12,20H2,1H3. The minimum atomic E-state index is -0.692. The third kappa shape index (κ3) is 5.38. The van der Waals surface area contributed by atoms with Crippen LogP contribution in [0.15, 0.2) is 48.5 Å². The molecule has 0 aromatic heterocycles. The van der Waals surface area contributed by atoms with E-state index in [4.69, 9.17) is 15.2 Å². The van der Waals surface area contributed by atoms with E-state index in [2.05, 4.69) is 0 Å². The second kappa shape index (κ2) is 8.29. The molecule has 2 aromatic rings. The van der Waals surface area contributed by atoms with Crippen molar-refractivity contribution in [3.05, 3.63) is 65.5 Å². The Bertz CT molecular complexity index is 643. The molecule has 122 valence electrons. The summed E-state index contributed by atoms with van der Waals surface area (Å²) in [4.78, 5) is 11.6. The van der Waals surface area contributed by atoms with Gasteiger partial charge in [0.25, 0.3) is 0 Å². The van der Waals surface area contributed by atoms with Crippen LogP contribution in [0, 0.1) is 5.82 Å². The first-order chi connectivity index (χ1) is 11.1. The normalized spacial score (nSPS) is 11.8. The van der Waals surface area contributed by atoms with Gasteiger partial charge < -0.3 is 15.2 Å². The maximum absolute atomic E-state index is 12.9. The smallest absolute Gasteiger partial charge is 0.323 e. The van der Waals surface area contributed by atoms with Crippen LogP contribution in [0.5, 0.6) is 5.75 Å². The molecule has 1 atom stereocenters. The first kappa shape index (κ1) is 17.0. The van der Waals surface area contributed by atoms with Crippen LogP contribution in [0.25, 0.3) is 0 Å². The largest absolute Gasteiger partial charge is 0.489 e. The van der Waals surface area contributed by atoms with Crippen LogP contribution in [-0.2, 0) is 22.6 Å². The SMILES string of the molecule is CCOC(=O)C(N)Cc1cccc(OCc2ccc(F)cc2)c1. The molecular weight excluding hydrogens is 297 g/mol. The third-order valence-corrected chi connectivity index (χ3v) is 3.26. The molecule has 0 amide bonds. The number of carbonyl (C=O) groups is 1. The highest BCUT2D eigenvalue weighted by atomic mass is 19.1. The third-order valence-electron chi connectivity index (χ3n) is 3.26. The number of nitrogens with two attached hydrogens (primary N) is 1. The topological polar surface area (TPSA) is 61.5 Å². The lowest BCUT2D eigenvalue weighted by Gasteiger charge is -2.12. The average molecular weight is 317 g/mol. The monoisotopic (exact) mass is 317 g/mol. The van der Waals surface area contributed by atoms with Crippen molar-refractivity contribution in [3.63, 3.8) is 0 Å². The molecule has 2 rings (SSSR count). The van der Waals surface area contributed by atoms with Gasteiger partial charge in [-0.3, -0.25) is 4.79 Å². The molecule has 0 aliphatic carbocycles. The van der Waals surface area contributed by atoms with Gasteiger partial charge in [0, 0.05) is 0 Å². The fraction of sp³-hybridized carbons (Fsp3) is 0.278. The summed E-state index contributed by atoms with van der Waals surface area (Å²) in [6.45, 7) is 2.40. The van der Waals surface area contributed by atoms with Crippen molar-refractivity contribution in [3.8, 4) is 5.75 Å². The van der Waals surface area contributed by atoms with Crippen LogP contribution in [-0.4, -0.2) is 18.6 Å². The van der Waals surface area contributed by atoms with Crippen molar-refractivity contribution in [1.29, 1.82) is 0 Å². The first-order valence-corrected chi connectivity index (χ1v) is 7.47. The summed E-state index contributed by atoms with van der Waals surface area (Å²) < 4.78 is 23.4. The molecule has 0 bridgehead atoms. The van der Waals surface area contributed by atoms with Crippen molar-refractivity contribution in [2.75, 3.05) is 6.61 Å². The van der Waals surface area contributed by atoms with Gasteiger partial charge in [0.2, 0.25) is 0 Å². The molecule has 0 fully saturated rings. The highest BCUT2D eigenvalue weighted by Crippen LogP contribution is 2.16. The predicted molar refractivity (Wildman–Crippen MR) is 85.5 cm³/mol. The van der Waals surface area contributed by atoms with Crippen LogP contribution in [0.4, 0.5) is 4.39 Å². The molecule has 0 spiro atoms. The summed E-state index contributed by atoms with van der Waals surface area (Å²) in [6.07, 6.45) is 0.382. The van der Waals surface area contributed by atoms with Crippen molar-refractivity contribution in [1.82, 2.24) is 0 Å². The first-order valence-electron chi connectivity index (χ1n) is 7.47. The summed E-state index contributed by atoms with van der Waals surface area (Å²) in [5.41, 5.74) is 7.58. The summed E-state index contributed by atoms with van der Waals surface area (Å²) in [5.74, 6) is -0.0169. The minimum Gasteiger partial charge on any atom is -0.489 e. The average Bonchev–Trinajstić information content (AvgIpc) is 2.55. The zero-order chi connectivity index (χ0) is 16.7. The molecule has 2 aromatic carbocycles. The van der Waals surface area contributed by atoms with E-state index >= 15 is 0 Å². The maximum Gasteiger partial charge on any atom is 0.323 e. The van der Waals surface area contributed by atoms with Crippen molar-refractivity contribution >= 4 is 5.97 Å². The predicted octanol–water partition coefficient (Wildman–Crippen LogP) is 2.84. The molecule has 2 N–H and O–H groups in total. The van der Waals surface area contributed by atoms with E-state index in [0.29, 0.717) is 25.4 Å². The molecule has 5 heteroatoms. The van der Waals surface area contributed by atoms with Gasteiger partial charge in [0.15, 0.2) is 0 Å². The Hall–Kier alpha value is -2.40. The number of esters is 1. The van der Waals surface area contributed by atoms with Gasteiger partial charge >= 0.3 is 5.97 Å². The summed E-state index contributed by atoms with van der Waals surface area (Å²) in [7, 11) is 0. The van der Waals surface area contributed by atoms with Crippen LogP contribution >= 0.6 is 0 Å². The highest BCUT2D eigenvalue weighted by Gasteiger charge is 2.15. The number of ether oxygens (including phenoxy) is 2. The Morgan fingerprint density at radius 1 is 1.17 bits per heavy atom. The van der Waals surface area contributed by atoms with Crippen molar-refractivity contribution < 1.29 is 18.7 Å².